The Morgan fingerprint density at radius 2 is 1.67 bits per heavy atom. The van der Waals surface area contributed by atoms with Crippen molar-refractivity contribution in [1.29, 1.82) is 0 Å². The van der Waals surface area contributed by atoms with Gasteiger partial charge < -0.3 is 15.2 Å². The summed E-state index contributed by atoms with van der Waals surface area (Å²) in [6, 6.07) is 7.60. The lowest BCUT2D eigenvalue weighted by Gasteiger charge is -2.10. The molecule has 1 heterocycles. The largest absolute Gasteiger partial charge is 0.345 e. The van der Waals surface area contributed by atoms with Gasteiger partial charge in [0.2, 0.25) is 5.91 Å². The number of anilines is 1. The number of hydrogen-bond donors (Lipinski definition) is 2. The topological polar surface area (TPSA) is 88.9 Å². The Bertz CT molecular complexity index is 1180. The minimum atomic E-state index is -0.329. The second kappa shape index (κ2) is 11.6. The summed E-state index contributed by atoms with van der Waals surface area (Å²) in [7, 11) is 0. The van der Waals surface area contributed by atoms with Gasteiger partial charge in [-0.1, -0.05) is 69.8 Å². The van der Waals surface area contributed by atoms with Crippen molar-refractivity contribution in [3.05, 3.63) is 66.8 Å². The van der Waals surface area contributed by atoms with Crippen LogP contribution in [0.4, 0.5) is 5.69 Å². The summed E-state index contributed by atoms with van der Waals surface area (Å²) in [5, 5.41) is 15.7. The van der Waals surface area contributed by atoms with E-state index in [0.717, 1.165) is 0 Å². The second-order valence-electron chi connectivity index (χ2n) is 6.54. The first-order valence-electron chi connectivity index (χ1n) is 9.42. The molecular formula is C20H16Cl5N5O2S. The molecule has 0 bridgehead atoms. The number of amides is 2. The molecule has 0 aliphatic rings. The lowest BCUT2D eigenvalue weighted by molar-refractivity contribution is -0.113. The van der Waals surface area contributed by atoms with E-state index < -0.39 is 0 Å². The number of rotatable bonds is 8. The molecule has 13 heteroatoms. The predicted molar refractivity (Wildman–Crippen MR) is 134 cm³/mol. The number of carbonyl (C=O) groups is 2. The lowest BCUT2D eigenvalue weighted by atomic mass is 10.2. The molecule has 174 valence electrons. The van der Waals surface area contributed by atoms with Crippen molar-refractivity contribution in [1.82, 2.24) is 20.1 Å². The number of thioether (sulfide) groups is 1. The molecule has 0 fully saturated rings. The van der Waals surface area contributed by atoms with Crippen LogP contribution in [0.25, 0.3) is 0 Å². The van der Waals surface area contributed by atoms with Gasteiger partial charge in [-0.3, -0.25) is 9.59 Å². The summed E-state index contributed by atoms with van der Waals surface area (Å²) in [5.41, 5.74) is 0.661. The molecule has 0 atom stereocenters. The first-order valence-corrected chi connectivity index (χ1v) is 12.3. The Morgan fingerprint density at radius 1 is 0.970 bits per heavy atom. The first kappa shape index (κ1) is 25.9. The summed E-state index contributed by atoms with van der Waals surface area (Å²) in [4.78, 5) is 24.8. The van der Waals surface area contributed by atoms with E-state index in [1.807, 2.05) is 6.92 Å². The SMILES string of the molecule is CCn1c(CNC(=O)c2ccc(Cl)c(Cl)c2)nnc1SCC(=O)Nc1c(Cl)cc(Cl)cc1Cl. The van der Waals surface area contributed by atoms with Gasteiger partial charge in [0.25, 0.3) is 5.91 Å². The summed E-state index contributed by atoms with van der Waals surface area (Å²) in [6.07, 6.45) is 0. The average Bonchev–Trinajstić information content (AvgIpc) is 3.16. The molecule has 0 aliphatic heterocycles. The summed E-state index contributed by atoms with van der Waals surface area (Å²) in [5.74, 6) is -0.0726. The van der Waals surface area contributed by atoms with Crippen molar-refractivity contribution in [3.8, 4) is 0 Å². The van der Waals surface area contributed by atoms with Crippen LogP contribution in [0.2, 0.25) is 25.1 Å². The van der Waals surface area contributed by atoms with Crippen LogP contribution in [0.5, 0.6) is 0 Å². The van der Waals surface area contributed by atoms with Crippen molar-refractivity contribution in [3.63, 3.8) is 0 Å². The van der Waals surface area contributed by atoms with Crippen molar-refractivity contribution in [2.45, 2.75) is 25.2 Å². The number of benzene rings is 2. The highest BCUT2D eigenvalue weighted by Gasteiger charge is 2.16. The molecule has 0 radical (unpaired) electrons. The Balaban J connectivity index is 1.60. The van der Waals surface area contributed by atoms with Gasteiger partial charge >= 0.3 is 0 Å². The molecule has 2 aromatic carbocycles. The third-order valence-corrected chi connectivity index (χ3v) is 6.82. The average molecular weight is 568 g/mol. The van der Waals surface area contributed by atoms with Crippen LogP contribution in [0, 0.1) is 0 Å². The Morgan fingerprint density at radius 3 is 2.30 bits per heavy atom. The first-order chi connectivity index (χ1) is 15.7. The van der Waals surface area contributed by atoms with Gasteiger partial charge in [-0.25, -0.2) is 0 Å². The van der Waals surface area contributed by atoms with Gasteiger partial charge in [0.05, 0.1) is 38.1 Å². The van der Waals surface area contributed by atoms with E-state index in [1.54, 1.807) is 16.7 Å². The monoisotopic (exact) mass is 565 g/mol. The normalized spacial score (nSPS) is 10.8. The molecule has 1 aromatic heterocycles. The van der Waals surface area contributed by atoms with Crippen LogP contribution in [-0.4, -0.2) is 32.3 Å². The highest BCUT2D eigenvalue weighted by atomic mass is 35.5. The number of carbonyl (C=O) groups excluding carboxylic acids is 2. The zero-order valence-corrected chi connectivity index (χ0v) is 21.6. The van der Waals surface area contributed by atoms with Crippen LogP contribution in [-0.2, 0) is 17.9 Å². The molecule has 2 amide bonds. The van der Waals surface area contributed by atoms with Gasteiger partial charge in [0.15, 0.2) is 11.0 Å². The Labute approximate surface area is 219 Å². The van der Waals surface area contributed by atoms with E-state index in [4.69, 9.17) is 58.0 Å². The molecule has 3 rings (SSSR count). The standard InChI is InChI=1S/C20H16Cl5N5O2S/c1-2-30-16(8-26-19(32)10-3-4-12(22)13(23)5-10)28-29-20(30)33-9-17(31)27-18-14(24)6-11(21)7-15(18)25/h3-7H,2,8-9H2,1H3,(H,26,32)(H,27,31). The fourth-order valence-corrected chi connectivity index (χ4v) is 4.77. The molecule has 3 aromatic rings. The van der Waals surface area contributed by atoms with E-state index in [2.05, 4.69) is 20.8 Å². The van der Waals surface area contributed by atoms with Crippen molar-refractivity contribution < 1.29 is 9.59 Å². The zero-order chi connectivity index (χ0) is 24.1. The lowest BCUT2D eigenvalue weighted by Crippen LogP contribution is -2.24. The number of hydrogen-bond acceptors (Lipinski definition) is 5. The number of aromatic nitrogens is 3. The van der Waals surface area contributed by atoms with E-state index in [-0.39, 0.29) is 39.8 Å². The molecule has 0 aliphatic carbocycles. The molecule has 0 unspecified atom stereocenters. The minimum absolute atomic E-state index is 0.0447. The highest BCUT2D eigenvalue weighted by Crippen LogP contribution is 2.34. The molecule has 33 heavy (non-hydrogen) atoms. The van der Waals surface area contributed by atoms with Crippen LogP contribution >= 0.6 is 69.8 Å². The fraction of sp³-hybridized carbons (Fsp3) is 0.200. The minimum Gasteiger partial charge on any atom is -0.345 e. The van der Waals surface area contributed by atoms with Gasteiger partial charge in [0.1, 0.15) is 0 Å². The highest BCUT2D eigenvalue weighted by molar-refractivity contribution is 7.99. The molecule has 2 N–H and O–H groups in total. The number of nitrogens with zero attached hydrogens (tertiary/aromatic N) is 3. The van der Waals surface area contributed by atoms with E-state index in [1.165, 1.54) is 30.0 Å². The predicted octanol–water partition coefficient (Wildman–Crippen LogP) is 6.23. The van der Waals surface area contributed by atoms with Crippen LogP contribution < -0.4 is 10.6 Å². The molecule has 0 spiro atoms. The quantitative estimate of drug-likeness (QED) is 0.315. The van der Waals surface area contributed by atoms with E-state index in [0.29, 0.717) is 38.2 Å². The van der Waals surface area contributed by atoms with E-state index >= 15 is 0 Å². The third kappa shape index (κ3) is 6.68. The van der Waals surface area contributed by atoms with E-state index in [9.17, 15) is 9.59 Å². The number of nitrogens with one attached hydrogen (secondary N) is 2. The Kier molecular flexibility index (Phi) is 9.15. The van der Waals surface area contributed by atoms with Gasteiger partial charge in [-0.15, -0.1) is 10.2 Å². The molecule has 0 saturated carbocycles. The fourth-order valence-electron chi connectivity index (χ4n) is 2.74. The van der Waals surface area contributed by atoms with Crippen molar-refractivity contribution in [2.75, 3.05) is 11.1 Å². The second-order valence-corrected chi connectivity index (χ2v) is 9.54. The molecule has 7 nitrogen and oxygen atoms in total. The molecular weight excluding hydrogens is 552 g/mol. The molecule has 0 saturated heterocycles. The number of halogens is 5. The zero-order valence-electron chi connectivity index (χ0n) is 17.0. The Hall–Kier alpha value is -1.68. The maximum atomic E-state index is 12.4. The summed E-state index contributed by atoms with van der Waals surface area (Å²) >= 11 is 31.1. The van der Waals surface area contributed by atoms with Gasteiger partial charge in [-0.05, 0) is 37.3 Å². The van der Waals surface area contributed by atoms with Crippen LogP contribution in [0.1, 0.15) is 23.1 Å². The van der Waals surface area contributed by atoms with Crippen molar-refractivity contribution >= 4 is 87.3 Å². The van der Waals surface area contributed by atoms with Gasteiger partial charge in [-0.2, -0.15) is 0 Å². The summed E-state index contributed by atoms with van der Waals surface area (Å²) < 4.78 is 1.80. The van der Waals surface area contributed by atoms with Gasteiger partial charge in [0, 0.05) is 17.1 Å². The smallest absolute Gasteiger partial charge is 0.251 e. The maximum Gasteiger partial charge on any atom is 0.251 e. The van der Waals surface area contributed by atoms with Crippen LogP contribution in [0.3, 0.4) is 0 Å². The summed E-state index contributed by atoms with van der Waals surface area (Å²) in [6.45, 7) is 2.59. The van der Waals surface area contributed by atoms with Crippen molar-refractivity contribution in [2.24, 2.45) is 0 Å². The third-order valence-electron chi connectivity index (χ3n) is 4.30. The van der Waals surface area contributed by atoms with Crippen LogP contribution in [0.15, 0.2) is 35.5 Å². The maximum absolute atomic E-state index is 12.4.